The predicted molar refractivity (Wildman–Crippen MR) is 110 cm³/mol. The zero-order chi connectivity index (χ0) is 19.4. The van der Waals surface area contributed by atoms with E-state index in [-0.39, 0.29) is 11.9 Å². The topological polar surface area (TPSA) is 70.2 Å². The number of benzene rings is 1. The van der Waals surface area contributed by atoms with Gasteiger partial charge < -0.3 is 15.5 Å². The molecule has 2 aromatic rings. The number of halogens is 1. The molecule has 0 bridgehead atoms. The van der Waals surface area contributed by atoms with Crippen LogP contribution < -0.4 is 15.5 Å². The summed E-state index contributed by atoms with van der Waals surface area (Å²) in [5.74, 6) is 1.47. The minimum absolute atomic E-state index is 0.00909. The van der Waals surface area contributed by atoms with Gasteiger partial charge in [0.2, 0.25) is 11.9 Å². The summed E-state index contributed by atoms with van der Waals surface area (Å²) in [6.07, 6.45) is 2.83. The summed E-state index contributed by atoms with van der Waals surface area (Å²) in [5.41, 5.74) is 2.90. The van der Waals surface area contributed by atoms with Crippen molar-refractivity contribution in [3.8, 4) is 0 Å². The second-order valence-corrected chi connectivity index (χ2v) is 7.42. The Morgan fingerprint density at radius 1 is 1.33 bits per heavy atom. The molecule has 1 amide bonds. The third-order valence-corrected chi connectivity index (χ3v) is 5.03. The van der Waals surface area contributed by atoms with E-state index in [4.69, 9.17) is 16.6 Å². The van der Waals surface area contributed by atoms with Gasteiger partial charge in [-0.3, -0.25) is 4.79 Å². The van der Waals surface area contributed by atoms with Gasteiger partial charge in [-0.15, -0.1) is 0 Å². The van der Waals surface area contributed by atoms with E-state index < -0.39 is 0 Å². The number of amides is 1. The number of hydrogen-bond donors (Lipinski definition) is 2. The average Bonchev–Trinajstić information content (AvgIpc) is 3.06. The molecule has 0 saturated carbocycles. The second kappa shape index (κ2) is 8.57. The van der Waals surface area contributed by atoms with Crippen LogP contribution >= 0.6 is 11.6 Å². The van der Waals surface area contributed by atoms with E-state index >= 15 is 0 Å². The standard InChI is InChI=1S/C20H26ClN5O/c1-4-5-15-11-19(26-9-8-17(12-26)22-14(3)27)25-20(23-15)24-16-7-6-13(2)18(21)10-16/h6-7,10-11,17H,4-5,8-9,12H2,1-3H3,(H,22,27)(H,23,24,25)/t17-/m0/s1. The van der Waals surface area contributed by atoms with Crippen LogP contribution in [0.15, 0.2) is 24.3 Å². The molecule has 144 valence electrons. The maximum absolute atomic E-state index is 11.3. The summed E-state index contributed by atoms with van der Waals surface area (Å²) in [4.78, 5) is 22.9. The summed E-state index contributed by atoms with van der Waals surface area (Å²) >= 11 is 6.23. The number of rotatable bonds is 6. The fraction of sp³-hybridized carbons (Fsp3) is 0.450. The molecule has 0 spiro atoms. The first-order chi connectivity index (χ1) is 12.9. The van der Waals surface area contributed by atoms with Gasteiger partial charge in [0.05, 0.1) is 0 Å². The summed E-state index contributed by atoms with van der Waals surface area (Å²) in [5, 5.41) is 6.98. The maximum Gasteiger partial charge on any atom is 0.229 e. The highest BCUT2D eigenvalue weighted by atomic mass is 35.5. The van der Waals surface area contributed by atoms with Crippen LogP contribution in [-0.4, -0.2) is 35.0 Å². The molecule has 1 aliphatic heterocycles. The van der Waals surface area contributed by atoms with Gasteiger partial charge in [-0.1, -0.05) is 31.0 Å². The minimum atomic E-state index is 0.00909. The molecule has 2 heterocycles. The van der Waals surface area contributed by atoms with Crippen LogP contribution in [0.2, 0.25) is 5.02 Å². The van der Waals surface area contributed by atoms with Gasteiger partial charge in [-0.2, -0.15) is 4.98 Å². The molecule has 6 nitrogen and oxygen atoms in total. The number of anilines is 3. The van der Waals surface area contributed by atoms with Crippen molar-refractivity contribution in [3.63, 3.8) is 0 Å². The Hall–Kier alpha value is -2.34. The first kappa shape index (κ1) is 19.4. The van der Waals surface area contributed by atoms with Gasteiger partial charge in [-0.05, 0) is 37.5 Å². The van der Waals surface area contributed by atoms with Crippen LogP contribution in [0.3, 0.4) is 0 Å². The number of nitrogens with zero attached hydrogens (tertiary/aromatic N) is 3. The maximum atomic E-state index is 11.3. The van der Waals surface area contributed by atoms with E-state index in [1.165, 1.54) is 0 Å². The quantitative estimate of drug-likeness (QED) is 0.787. The van der Waals surface area contributed by atoms with Gasteiger partial charge in [0.25, 0.3) is 0 Å². The normalized spacial score (nSPS) is 16.4. The van der Waals surface area contributed by atoms with E-state index in [0.717, 1.165) is 55.1 Å². The molecule has 1 aromatic heterocycles. The largest absolute Gasteiger partial charge is 0.354 e. The highest BCUT2D eigenvalue weighted by Gasteiger charge is 2.24. The predicted octanol–water partition coefficient (Wildman–Crippen LogP) is 3.85. The van der Waals surface area contributed by atoms with Crippen molar-refractivity contribution in [3.05, 3.63) is 40.5 Å². The molecule has 7 heteroatoms. The Kier molecular flexibility index (Phi) is 6.16. The van der Waals surface area contributed by atoms with Crippen LogP contribution in [0.4, 0.5) is 17.5 Å². The molecule has 0 radical (unpaired) electrons. The van der Waals surface area contributed by atoms with Crippen molar-refractivity contribution < 1.29 is 4.79 Å². The van der Waals surface area contributed by atoms with Crippen molar-refractivity contribution in [2.24, 2.45) is 0 Å². The van der Waals surface area contributed by atoms with Crippen molar-refractivity contribution in [2.45, 2.75) is 46.1 Å². The SMILES string of the molecule is CCCc1cc(N2CC[C@H](NC(C)=O)C2)nc(Nc2ccc(C)c(Cl)c2)n1. The molecule has 1 saturated heterocycles. The van der Waals surface area contributed by atoms with Crippen molar-refractivity contribution >= 4 is 35.0 Å². The molecular formula is C20H26ClN5O. The van der Waals surface area contributed by atoms with Crippen LogP contribution in [-0.2, 0) is 11.2 Å². The van der Waals surface area contributed by atoms with Crippen molar-refractivity contribution in [1.82, 2.24) is 15.3 Å². The Morgan fingerprint density at radius 2 is 2.15 bits per heavy atom. The smallest absolute Gasteiger partial charge is 0.229 e. The molecule has 1 atom stereocenters. The highest BCUT2D eigenvalue weighted by Crippen LogP contribution is 2.25. The Balaban J connectivity index is 1.82. The lowest BCUT2D eigenvalue weighted by molar-refractivity contribution is -0.119. The lowest BCUT2D eigenvalue weighted by atomic mass is 10.2. The van der Waals surface area contributed by atoms with Gasteiger partial charge >= 0.3 is 0 Å². The zero-order valence-corrected chi connectivity index (χ0v) is 16.8. The number of aromatic nitrogens is 2. The average molecular weight is 388 g/mol. The van der Waals surface area contributed by atoms with Crippen molar-refractivity contribution in [1.29, 1.82) is 0 Å². The molecule has 2 N–H and O–H groups in total. The lowest BCUT2D eigenvalue weighted by Gasteiger charge is -2.19. The second-order valence-electron chi connectivity index (χ2n) is 7.01. The van der Waals surface area contributed by atoms with Crippen molar-refractivity contribution in [2.75, 3.05) is 23.3 Å². The number of carbonyl (C=O) groups is 1. The molecule has 1 fully saturated rings. The summed E-state index contributed by atoms with van der Waals surface area (Å²) in [6.45, 7) is 7.29. The highest BCUT2D eigenvalue weighted by molar-refractivity contribution is 6.31. The van der Waals surface area contributed by atoms with E-state index in [1.54, 1.807) is 6.92 Å². The molecule has 27 heavy (non-hydrogen) atoms. The summed E-state index contributed by atoms with van der Waals surface area (Å²) < 4.78 is 0. The van der Waals surface area contributed by atoms with E-state index in [2.05, 4.69) is 27.4 Å². The van der Waals surface area contributed by atoms with Gasteiger partial charge in [-0.25, -0.2) is 4.98 Å². The van der Waals surface area contributed by atoms with E-state index in [9.17, 15) is 4.79 Å². The van der Waals surface area contributed by atoms with Crippen LogP contribution in [0.25, 0.3) is 0 Å². The van der Waals surface area contributed by atoms with Gasteiger partial charge in [0.1, 0.15) is 5.82 Å². The van der Waals surface area contributed by atoms with Crippen LogP contribution in [0.1, 0.15) is 37.9 Å². The third kappa shape index (κ3) is 5.10. The minimum Gasteiger partial charge on any atom is -0.354 e. The Labute approximate surface area is 165 Å². The molecule has 0 aliphatic carbocycles. The molecule has 1 aromatic carbocycles. The van der Waals surface area contributed by atoms with E-state index in [1.807, 2.05) is 31.2 Å². The number of nitrogens with one attached hydrogen (secondary N) is 2. The molecule has 1 aliphatic rings. The summed E-state index contributed by atoms with van der Waals surface area (Å²) in [6, 6.07) is 8.04. The number of aryl methyl sites for hydroxylation is 2. The van der Waals surface area contributed by atoms with E-state index in [0.29, 0.717) is 11.0 Å². The van der Waals surface area contributed by atoms with Gasteiger partial charge in [0.15, 0.2) is 0 Å². The summed E-state index contributed by atoms with van der Waals surface area (Å²) in [7, 11) is 0. The third-order valence-electron chi connectivity index (χ3n) is 4.62. The van der Waals surface area contributed by atoms with Crippen LogP contribution in [0, 0.1) is 6.92 Å². The first-order valence-electron chi connectivity index (χ1n) is 9.37. The number of carbonyl (C=O) groups excluding carboxylic acids is 1. The lowest BCUT2D eigenvalue weighted by Crippen LogP contribution is -2.35. The zero-order valence-electron chi connectivity index (χ0n) is 16.1. The first-order valence-corrected chi connectivity index (χ1v) is 9.75. The fourth-order valence-corrected chi connectivity index (χ4v) is 3.44. The fourth-order valence-electron chi connectivity index (χ4n) is 3.26. The van der Waals surface area contributed by atoms with Crippen LogP contribution in [0.5, 0.6) is 0 Å². The molecular weight excluding hydrogens is 362 g/mol. The molecule has 0 unspecified atom stereocenters. The number of hydrogen-bond acceptors (Lipinski definition) is 5. The Bertz CT molecular complexity index is 826. The monoisotopic (exact) mass is 387 g/mol. The Morgan fingerprint density at radius 3 is 2.85 bits per heavy atom. The molecule has 3 rings (SSSR count). The van der Waals surface area contributed by atoms with Gasteiger partial charge in [0, 0.05) is 48.5 Å².